The molecule has 0 aliphatic carbocycles. The van der Waals surface area contributed by atoms with Crippen LogP contribution in [0.5, 0.6) is 0 Å². The quantitative estimate of drug-likeness (QED) is 0.103. The first-order chi connectivity index (χ1) is 23.8. The number of benzene rings is 6. The maximum atomic E-state index is 5.27. The molecule has 0 amide bonds. The van der Waals surface area contributed by atoms with Crippen LogP contribution < -0.4 is 31.1 Å². The zero-order valence-corrected chi connectivity index (χ0v) is 31.7. The fourth-order valence-electron chi connectivity index (χ4n) is 5.34. The average Bonchev–Trinajstić information content (AvgIpc) is 3.16. The summed E-state index contributed by atoms with van der Waals surface area (Å²) in [6.07, 6.45) is 6.38. The lowest BCUT2D eigenvalue weighted by atomic mass is 10.1. The van der Waals surface area contributed by atoms with Crippen LogP contribution in [0.2, 0.25) is 0 Å². The molecular formula is C42H42N2Si4. The third-order valence-corrected chi connectivity index (χ3v) is 15.4. The summed E-state index contributed by atoms with van der Waals surface area (Å²) < 4.78 is 10.3. The van der Waals surface area contributed by atoms with Crippen LogP contribution in [0, 0.1) is 0 Å². The third kappa shape index (κ3) is 11.2. The van der Waals surface area contributed by atoms with Gasteiger partial charge in [-0.2, -0.15) is 0 Å². The van der Waals surface area contributed by atoms with Gasteiger partial charge >= 0.3 is 0 Å². The topological polar surface area (TPSA) is 24.7 Å². The second-order valence-electron chi connectivity index (χ2n) is 11.4. The highest BCUT2D eigenvalue weighted by Crippen LogP contribution is 2.07. The van der Waals surface area contributed by atoms with Crippen molar-refractivity contribution in [1.82, 2.24) is 0 Å². The molecule has 0 saturated heterocycles. The van der Waals surface area contributed by atoms with E-state index in [1.807, 2.05) is 6.07 Å². The summed E-state index contributed by atoms with van der Waals surface area (Å²) in [6, 6.07) is 62.3. The maximum Gasteiger partial charge on any atom is 0.233 e. The Morgan fingerprint density at radius 2 is 0.812 bits per heavy atom. The Bertz CT molecular complexity index is 1790. The van der Waals surface area contributed by atoms with E-state index in [4.69, 9.17) is 8.60 Å². The molecule has 0 aliphatic rings. The first kappa shape index (κ1) is 35.1. The first-order valence-electron chi connectivity index (χ1n) is 16.8. The Morgan fingerprint density at radius 1 is 0.417 bits per heavy atom. The molecule has 48 heavy (non-hydrogen) atoms. The van der Waals surface area contributed by atoms with Crippen molar-refractivity contribution < 1.29 is 0 Å². The van der Waals surface area contributed by atoms with Crippen LogP contribution in [0.1, 0.15) is 38.2 Å². The third-order valence-electron chi connectivity index (χ3n) is 7.86. The molecule has 6 heteroatoms. The smallest absolute Gasteiger partial charge is 0.233 e. The van der Waals surface area contributed by atoms with E-state index in [9.17, 15) is 0 Å². The van der Waals surface area contributed by atoms with Crippen molar-refractivity contribution in [3.63, 3.8) is 0 Å². The van der Waals surface area contributed by atoms with Gasteiger partial charge < -0.3 is 8.60 Å². The number of aryl methyl sites for hydroxylation is 1. The van der Waals surface area contributed by atoms with E-state index in [0.717, 1.165) is 0 Å². The molecular weight excluding hydrogens is 645 g/mol. The molecule has 0 unspecified atom stereocenters. The van der Waals surface area contributed by atoms with Gasteiger partial charge in [-0.3, -0.25) is 0 Å². The number of nitrogens with zero attached hydrogens (tertiary/aromatic N) is 2. The second-order valence-corrected chi connectivity index (χ2v) is 18.5. The van der Waals surface area contributed by atoms with Gasteiger partial charge in [0.05, 0.1) is 0 Å². The molecule has 0 N–H and O–H groups in total. The normalized spacial score (nSPS) is 10.9. The zero-order chi connectivity index (χ0) is 33.1. The summed E-state index contributed by atoms with van der Waals surface area (Å²) in [6.45, 7) is 2.27. The van der Waals surface area contributed by atoms with Gasteiger partial charge in [0.15, 0.2) is 17.2 Å². The number of rotatable bonds is 13. The summed E-state index contributed by atoms with van der Waals surface area (Å²) in [5.41, 5.74) is 1.49. The van der Waals surface area contributed by atoms with Crippen molar-refractivity contribution in [2.24, 2.45) is 8.60 Å². The standard InChI is InChI=1S/C24H27NSi2.C18H15NSi2/c1-2-3-4-7-14-21-15-12-13-20-24(21)27(23-18-10-6-11-19-23)25-26-22-16-8-5-9-17-22;1-4-10-16(11-5-1)20-19-21(17-12-6-2-7-13-17)18-14-8-3-9-15-18/h5-6,8-13,15-20H,2-4,7,14H2,1H3;1-15H. The van der Waals surface area contributed by atoms with Crippen molar-refractivity contribution in [3.8, 4) is 0 Å². The van der Waals surface area contributed by atoms with Gasteiger partial charge in [-0.1, -0.05) is 202 Å². The minimum absolute atomic E-state index is 0.505. The molecule has 6 aromatic carbocycles. The highest BCUT2D eigenvalue weighted by molar-refractivity contribution is 6.81. The molecule has 0 fully saturated rings. The molecule has 6 rings (SSSR count). The Kier molecular flexibility index (Phi) is 14.8. The molecule has 236 valence electrons. The average molecular weight is 687 g/mol. The van der Waals surface area contributed by atoms with Crippen molar-refractivity contribution in [3.05, 3.63) is 181 Å². The summed E-state index contributed by atoms with van der Waals surface area (Å²) in [5, 5.41) is 8.15. The Morgan fingerprint density at radius 3 is 1.29 bits per heavy atom. The van der Waals surface area contributed by atoms with Crippen molar-refractivity contribution in [1.29, 1.82) is 0 Å². The van der Waals surface area contributed by atoms with E-state index < -0.39 is 17.2 Å². The van der Waals surface area contributed by atoms with Gasteiger partial charge in [-0.25, -0.2) is 0 Å². The van der Waals surface area contributed by atoms with Crippen molar-refractivity contribution >= 4 is 67.7 Å². The number of hydrogen-bond donors (Lipinski definition) is 0. The van der Waals surface area contributed by atoms with Gasteiger partial charge in [0.25, 0.3) is 0 Å². The summed E-state index contributed by atoms with van der Waals surface area (Å²) in [4.78, 5) is 0. The molecule has 2 nitrogen and oxygen atoms in total. The van der Waals surface area contributed by atoms with Crippen LogP contribution in [0.3, 0.4) is 0 Å². The van der Waals surface area contributed by atoms with Crippen LogP contribution in [0.25, 0.3) is 0 Å². The lowest BCUT2D eigenvalue weighted by molar-refractivity contribution is 0.668. The van der Waals surface area contributed by atoms with Gasteiger partial charge in [0.1, 0.15) is 0 Å². The lowest BCUT2D eigenvalue weighted by Gasteiger charge is -2.12. The molecule has 0 saturated carbocycles. The molecule has 0 aliphatic heterocycles. The fourth-order valence-corrected chi connectivity index (χ4v) is 12.9. The fraction of sp³-hybridized carbons (Fsp3) is 0.143. The highest BCUT2D eigenvalue weighted by atomic mass is 28.3. The second kappa shape index (κ2) is 20.2. The Hall–Kier alpha value is -4.21. The van der Waals surface area contributed by atoms with Gasteiger partial charge in [-0.15, -0.1) is 0 Å². The van der Waals surface area contributed by atoms with E-state index in [0.29, 0.717) is 19.4 Å². The van der Waals surface area contributed by atoms with Crippen LogP contribution in [-0.2, 0) is 6.42 Å². The molecule has 0 heterocycles. The predicted octanol–water partition coefficient (Wildman–Crippen LogP) is 6.13. The molecule has 6 aromatic rings. The first-order valence-corrected chi connectivity index (χ1v) is 21.6. The van der Waals surface area contributed by atoms with Gasteiger partial charge in [0.2, 0.25) is 19.4 Å². The molecule has 0 spiro atoms. The highest BCUT2D eigenvalue weighted by Gasteiger charge is 2.13. The SMILES string of the molecule is CCCCCCc1ccccc1[Si](=N[Si]c1ccccc1)c1ccccc1.c1ccc([Si]N=[Si](c2ccccc2)c2ccccc2)cc1. The Balaban J connectivity index is 0.000000194. The largest absolute Gasteiger partial charge is 0.354 e. The number of unbranched alkanes of at least 4 members (excludes halogenated alkanes) is 3. The monoisotopic (exact) mass is 686 g/mol. The predicted molar refractivity (Wildman–Crippen MR) is 212 cm³/mol. The van der Waals surface area contributed by atoms with E-state index >= 15 is 0 Å². The minimum atomic E-state index is -1.13. The molecule has 0 bridgehead atoms. The van der Waals surface area contributed by atoms with Crippen LogP contribution in [0.4, 0.5) is 0 Å². The Labute approximate surface area is 295 Å². The summed E-state index contributed by atoms with van der Waals surface area (Å²) >= 11 is 0. The van der Waals surface area contributed by atoms with Crippen LogP contribution >= 0.6 is 0 Å². The van der Waals surface area contributed by atoms with E-state index in [1.54, 1.807) is 0 Å². The zero-order valence-electron chi connectivity index (χ0n) is 27.7. The molecule has 4 radical (unpaired) electrons. The van der Waals surface area contributed by atoms with E-state index in [2.05, 4.69) is 177 Å². The van der Waals surface area contributed by atoms with Gasteiger partial charge in [0, 0.05) is 0 Å². The lowest BCUT2D eigenvalue weighted by Crippen LogP contribution is -2.38. The molecule has 0 atom stereocenters. The van der Waals surface area contributed by atoms with E-state index in [1.165, 1.54) is 68.8 Å². The van der Waals surface area contributed by atoms with Gasteiger partial charge in [-0.05, 0) is 49.5 Å². The van der Waals surface area contributed by atoms with Crippen molar-refractivity contribution in [2.45, 2.75) is 39.0 Å². The minimum Gasteiger partial charge on any atom is -0.354 e. The van der Waals surface area contributed by atoms with E-state index in [-0.39, 0.29) is 0 Å². The molecule has 0 aromatic heterocycles. The number of hydrogen-bond acceptors (Lipinski definition) is 2. The summed E-state index contributed by atoms with van der Waals surface area (Å²) in [7, 11) is -1.18. The van der Waals surface area contributed by atoms with Crippen LogP contribution in [0.15, 0.2) is 185 Å². The maximum absolute atomic E-state index is 5.27. The van der Waals surface area contributed by atoms with Crippen molar-refractivity contribution in [2.75, 3.05) is 0 Å². The van der Waals surface area contributed by atoms with Crippen LogP contribution in [-0.4, -0.2) is 36.5 Å². The summed E-state index contributed by atoms with van der Waals surface area (Å²) in [5.74, 6) is 0.